The van der Waals surface area contributed by atoms with Crippen LogP contribution in [-0.2, 0) is 4.79 Å². The van der Waals surface area contributed by atoms with Crippen molar-refractivity contribution in [2.24, 2.45) is 0 Å². The van der Waals surface area contributed by atoms with Crippen molar-refractivity contribution in [3.8, 4) is 12.3 Å². The van der Waals surface area contributed by atoms with Gasteiger partial charge in [-0.2, -0.15) is 13.2 Å². The summed E-state index contributed by atoms with van der Waals surface area (Å²) >= 11 is 0. The van der Waals surface area contributed by atoms with E-state index in [1.165, 1.54) is 0 Å². The summed E-state index contributed by atoms with van der Waals surface area (Å²) in [5.74, 6) is 1.15. The fraction of sp³-hybridized carbons (Fsp3) is 0.571. The molecule has 0 aromatic heterocycles. The summed E-state index contributed by atoms with van der Waals surface area (Å²) in [5, 5.41) is 2.04. The third kappa shape index (κ3) is 6.93. The second-order valence-electron chi connectivity index (χ2n) is 2.10. The number of alkyl halides is 3. The van der Waals surface area contributed by atoms with Gasteiger partial charge in [-0.25, -0.2) is 0 Å². The molecule has 5 heteroatoms. The van der Waals surface area contributed by atoms with Crippen LogP contribution >= 0.6 is 0 Å². The average Bonchev–Trinajstić information content (AvgIpc) is 1.84. The molecule has 68 valence electrons. The molecule has 2 nitrogen and oxygen atoms in total. The van der Waals surface area contributed by atoms with E-state index in [2.05, 4.69) is 5.92 Å². The molecule has 12 heavy (non-hydrogen) atoms. The van der Waals surface area contributed by atoms with Gasteiger partial charge in [-0.05, 0) is 0 Å². The minimum atomic E-state index is -4.44. The number of rotatable bonds is 3. The van der Waals surface area contributed by atoms with Crippen LogP contribution in [0.3, 0.4) is 0 Å². The highest BCUT2D eigenvalue weighted by Crippen LogP contribution is 2.18. The number of hydrogen-bond acceptors (Lipinski definition) is 1. The molecule has 0 aromatic rings. The lowest BCUT2D eigenvalue weighted by molar-refractivity contribution is -0.153. The van der Waals surface area contributed by atoms with Crippen molar-refractivity contribution < 1.29 is 18.0 Å². The maximum atomic E-state index is 11.5. The number of halogens is 3. The van der Waals surface area contributed by atoms with Crippen LogP contribution in [0.4, 0.5) is 13.2 Å². The third-order valence-electron chi connectivity index (χ3n) is 0.953. The lowest BCUT2D eigenvalue weighted by Gasteiger charge is -2.05. The number of carbonyl (C=O) groups is 1. The molecule has 0 aliphatic heterocycles. The van der Waals surface area contributed by atoms with Crippen LogP contribution in [0.15, 0.2) is 0 Å². The first-order valence-corrected chi connectivity index (χ1v) is 3.22. The highest BCUT2D eigenvalue weighted by Gasteiger charge is 2.30. The van der Waals surface area contributed by atoms with Crippen LogP contribution in [0.1, 0.15) is 12.8 Å². The van der Waals surface area contributed by atoms with Crippen molar-refractivity contribution in [1.29, 1.82) is 0 Å². The van der Waals surface area contributed by atoms with Crippen molar-refractivity contribution in [3.63, 3.8) is 0 Å². The zero-order valence-electron chi connectivity index (χ0n) is 6.24. The van der Waals surface area contributed by atoms with Crippen LogP contribution in [0, 0.1) is 12.3 Å². The van der Waals surface area contributed by atoms with Crippen LogP contribution in [0.5, 0.6) is 0 Å². The van der Waals surface area contributed by atoms with Crippen molar-refractivity contribution in [2.75, 3.05) is 6.54 Å². The Morgan fingerprint density at radius 1 is 1.50 bits per heavy atom. The van der Waals surface area contributed by atoms with Gasteiger partial charge < -0.3 is 5.32 Å². The molecule has 0 aliphatic carbocycles. The average molecular weight is 179 g/mol. The van der Waals surface area contributed by atoms with Gasteiger partial charge >= 0.3 is 6.18 Å². The van der Waals surface area contributed by atoms with Gasteiger partial charge in [0.05, 0.1) is 0 Å². The van der Waals surface area contributed by atoms with Crippen LogP contribution in [0.2, 0.25) is 0 Å². The highest BCUT2D eigenvalue weighted by molar-refractivity contribution is 5.76. The molecule has 0 aromatic carbocycles. The Balaban J connectivity index is 3.56. The smallest absolute Gasteiger partial charge is 0.355 e. The van der Waals surface area contributed by atoms with Crippen LogP contribution < -0.4 is 5.32 Å². The molecule has 0 spiro atoms. The van der Waals surface area contributed by atoms with Gasteiger partial charge in [0, 0.05) is 13.0 Å². The van der Waals surface area contributed by atoms with Gasteiger partial charge in [0.15, 0.2) is 0 Å². The largest absolute Gasteiger partial charge is 0.397 e. The second-order valence-corrected chi connectivity index (χ2v) is 2.10. The molecule has 1 N–H and O–H groups in total. The van der Waals surface area contributed by atoms with Gasteiger partial charge in [-0.3, -0.25) is 4.79 Å². The molecule has 0 heterocycles. The predicted octanol–water partition coefficient (Wildman–Crippen LogP) is 1.08. The molecule has 0 atom stereocenters. The Labute approximate surface area is 68.1 Å². The summed E-state index contributed by atoms with van der Waals surface area (Å²) < 4.78 is 34.5. The highest BCUT2D eigenvalue weighted by atomic mass is 19.4. The predicted molar refractivity (Wildman–Crippen MR) is 37.1 cm³/mol. The maximum absolute atomic E-state index is 11.5. The van der Waals surface area contributed by atoms with E-state index in [1.54, 1.807) is 0 Å². The van der Waals surface area contributed by atoms with Gasteiger partial charge in [0.2, 0.25) is 5.91 Å². The maximum Gasteiger partial charge on any atom is 0.397 e. The summed E-state index contributed by atoms with van der Waals surface area (Å²) in [5.41, 5.74) is 0. The van der Waals surface area contributed by atoms with Gasteiger partial charge in [0.1, 0.15) is 6.42 Å². The van der Waals surface area contributed by atoms with Crippen LogP contribution in [-0.4, -0.2) is 18.6 Å². The standard InChI is InChI=1S/C7H8F3NO/c1-2-3-4-11-6(12)5-7(8,9)10/h1H,3-5H2,(H,11,12). The quantitative estimate of drug-likeness (QED) is 0.509. The topological polar surface area (TPSA) is 29.1 Å². The zero-order chi connectivity index (χ0) is 9.61. The molecular weight excluding hydrogens is 171 g/mol. The van der Waals surface area contributed by atoms with Crippen LogP contribution in [0.25, 0.3) is 0 Å². The number of hydrogen-bond donors (Lipinski definition) is 1. The molecule has 0 aliphatic rings. The van der Waals surface area contributed by atoms with E-state index in [-0.39, 0.29) is 13.0 Å². The van der Waals surface area contributed by atoms with E-state index in [1.807, 2.05) is 5.32 Å². The van der Waals surface area contributed by atoms with E-state index in [4.69, 9.17) is 6.42 Å². The van der Waals surface area contributed by atoms with E-state index in [0.29, 0.717) is 0 Å². The molecule has 0 fully saturated rings. The number of nitrogens with one attached hydrogen (secondary N) is 1. The summed E-state index contributed by atoms with van der Waals surface area (Å²) in [6, 6.07) is 0. The van der Waals surface area contributed by atoms with Crippen molar-refractivity contribution in [2.45, 2.75) is 19.0 Å². The second kappa shape index (κ2) is 4.65. The number of amides is 1. The molecule has 0 rings (SSSR count). The van der Waals surface area contributed by atoms with Gasteiger partial charge in [-0.1, -0.05) is 0 Å². The first kappa shape index (κ1) is 10.8. The van der Waals surface area contributed by atoms with E-state index in [0.717, 1.165) is 0 Å². The minimum Gasteiger partial charge on any atom is -0.355 e. The third-order valence-corrected chi connectivity index (χ3v) is 0.953. The normalized spacial score (nSPS) is 10.5. The molecule has 0 unspecified atom stereocenters. The Morgan fingerprint density at radius 3 is 2.50 bits per heavy atom. The Morgan fingerprint density at radius 2 is 2.08 bits per heavy atom. The summed E-state index contributed by atoms with van der Waals surface area (Å²) in [7, 11) is 0. The fourth-order valence-corrected chi connectivity index (χ4v) is 0.519. The zero-order valence-corrected chi connectivity index (χ0v) is 6.24. The van der Waals surface area contributed by atoms with E-state index in [9.17, 15) is 18.0 Å². The summed E-state index contributed by atoms with van der Waals surface area (Å²) in [4.78, 5) is 10.4. The van der Waals surface area contributed by atoms with Gasteiger partial charge in [-0.15, -0.1) is 12.3 Å². The molecule has 0 saturated heterocycles. The SMILES string of the molecule is C#CCCNC(=O)CC(F)(F)F. The summed E-state index contributed by atoms with van der Waals surface area (Å²) in [6.07, 6.45) is -0.833. The lowest BCUT2D eigenvalue weighted by atomic mass is 10.3. The Hall–Kier alpha value is -1.18. The van der Waals surface area contributed by atoms with E-state index < -0.39 is 18.5 Å². The Kier molecular flexibility index (Phi) is 4.19. The van der Waals surface area contributed by atoms with E-state index >= 15 is 0 Å². The first-order chi connectivity index (χ1) is 5.45. The molecule has 0 bridgehead atoms. The first-order valence-electron chi connectivity index (χ1n) is 3.22. The molecule has 0 radical (unpaired) electrons. The Bertz CT molecular complexity index is 192. The van der Waals surface area contributed by atoms with Crippen molar-refractivity contribution in [3.05, 3.63) is 0 Å². The monoisotopic (exact) mass is 179 g/mol. The number of terminal acetylenes is 1. The molecule has 1 amide bonds. The summed E-state index contributed by atoms with van der Waals surface area (Å²) in [6.45, 7) is 0.0887. The van der Waals surface area contributed by atoms with Crippen molar-refractivity contribution in [1.82, 2.24) is 5.32 Å². The van der Waals surface area contributed by atoms with Gasteiger partial charge in [0.25, 0.3) is 0 Å². The minimum absolute atomic E-state index is 0.0887. The fourth-order valence-electron chi connectivity index (χ4n) is 0.519. The number of carbonyl (C=O) groups excluding carboxylic acids is 1. The molecule has 0 saturated carbocycles. The van der Waals surface area contributed by atoms with Crippen molar-refractivity contribution >= 4 is 5.91 Å². The molecular formula is C7H8F3NO. The lowest BCUT2D eigenvalue weighted by Crippen LogP contribution is -2.29.